The fourth-order valence-electron chi connectivity index (χ4n) is 2.58. The van der Waals surface area contributed by atoms with Gasteiger partial charge < -0.3 is 15.4 Å². The third-order valence-corrected chi connectivity index (χ3v) is 4.64. The maximum Gasteiger partial charge on any atom is 0.315 e. The van der Waals surface area contributed by atoms with Crippen molar-refractivity contribution < 1.29 is 19.1 Å². The summed E-state index contributed by atoms with van der Waals surface area (Å²) >= 11 is 1.16. The lowest BCUT2D eigenvalue weighted by molar-refractivity contribution is -0.133. The Kier molecular flexibility index (Phi) is 6.09. The minimum atomic E-state index is -0.901. The van der Waals surface area contributed by atoms with E-state index in [0.717, 1.165) is 24.2 Å². The van der Waals surface area contributed by atoms with Crippen LogP contribution in [0.1, 0.15) is 28.2 Å². The summed E-state index contributed by atoms with van der Waals surface area (Å²) in [5, 5.41) is 16.0. The number of hydrogen-bond acceptors (Lipinski definition) is 7. The molecule has 0 bridgehead atoms. The molecule has 3 N–H and O–H groups in total. The number of carbonyl (C=O) groups excluding carboxylic acids is 3. The van der Waals surface area contributed by atoms with Crippen LogP contribution in [-0.4, -0.2) is 47.2 Å². The molecule has 1 atom stereocenters. The van der Waals surface area contributed by atoms with Crippen molar-refractivity contribution in [3.05, 3.63) is 34.8 Å². The number of anilines is 2. The van der Waals surface area contributed by atoms with Gasteiger partial charge in [-0.2, -0.15) is 0 Å². The van der Waals surface area contributed by atoms with E-state index >= 15 is 0 Å². The Hall–Kier alpha value is -2.85. The summed E-state index contributed by atoms with van der Waals surface area (Å²) in [6, 6.07) is 6.48. The molecule has 27 heavy (non-hydrogen) atoms. The second-order valence-corrected chi connectivity index (χ2v) is 7.11. The number of nitrogens with one attached hydrogen (secondary N) is 3. The maximum atomic E-state index is 12.4. The molecule has 0 saturated carbocycles. The lowest BCUT2D eigenvalue weighted by atomic mass is 10.1. The molecule has 0 aliphatic carbocycles. The highest BCUT2D eigenvalue weighted by molar-refractivity contribution is 7.15. The fraction of sp³-hybridized carbons (Fsp3) is 0.353. The number of carbonyl (C=O) groups is 3. The van der Waals surface area contributed by atoms with Crippen molar-refractivity contribution in [2.24, 2.45) is 0 Å². The van der Waals surface area contributed by atoms with Gasteiger partial charge in [0.15, 0.2) is 0 Å². The zero-order valence-electron chi connectivity index (χ0n) is 14.7. The Balaban J connectivity index is 1.61. The fourth-order valence-corrected chi connectivity index (χ4v) is 3.16. The minimum absolute atomic E-state index is 0.0110. The zero-order chi connectivity index (χ0) is 19.2. The molecule has 0 unspecified atom stereocenters. The summed E-state index contributed by atoms with van der Waals surface area (Å²) in [4.78, 5) is 36.6. The van der Waals surface area contributed by atoms with Crippen molar-refractivity contribution in [1.82, 2.24) is 15.5 Å². The van der Waals surface area contributed by atoms with Crippen LogP contribution in [0.3, 0.4) is 0 Å². The van der Waals surface area contributed by atoms with Crippen LogP contribution in [0.5, 0.6) is 0 Å². The molecule has 3 amide bonds. The van der Waals surface area contributed by atoms with E-state index in [2.05, 4.69) is 26.1 Å². The maximum absolute atomic E-state index is 12.4. The van der Waals surface area contributed by atoms with Crippen molar-refractivity contribution in [2.75, 3.05) is 23.8 Å². The van der Waals surface area contributed by atoms with Crippen LogP contribution in [0.2, 0.25) is 0 Å². The molecule has 2 heterocycles. The van der Waals surface area contributed by atoms with E-state index in [0.29, 0.717) is 18.2 Å². The molecule has 9 nitrogen and oxygen atoms in total. The Bertz CT molecular complexity index is 847. The Morgan fingerprint density at radius 2 is 1.96 bits per heavy atom. The number of ether oxygens (including phenoxy) is 1. The second-order valence-electron chi connectivity index (χ2n) is 5.93. The van der Waals surface area contributed by atoms with E-state index in [1.165, 1.54) is 0 Å². The summed E-state index contributed by atoms with van der Waals surface area (Å²) in [5.41, 5.74) is 0.513. The number of aromatic nitrogens is 2. The molecule has 1 aliphatic rings. The molecular weight excluding hydrogens is 370 g/mol. The van der Waals surface area contributed by atoms with Gasteiger partial charge in [-0.1, -0.05) is 23.5 Å². The van der Waals surface area contributed by atoms with Crippen molar-refractivity contribution in [3.8, 4) is 0 Å². The molecule has 10 heteroatoms. The van der Waals surface area contributed by atoms with Crippen molar-refractivity contribution in [3.63, 3.8) is 0 Å². The summed E-state index contributed by atoms with van der Waals surface area (Å²) in [6.07, 6.45) is 1.90. The first-order chi connectivity index (χ1) is 13.0. The first kappa shape index (κ1) is 18.9. The first-order valence-corrected chi connectivity index (χ1v) is 9.26. The normalized spacial score (nSPS) is 16.0. The van der Waals surface area contributed by atoms with Gasteiger partial charge in [-0.25, -0.2) is 0 Å². The summed E-state index contributed by atoms with van der Waals surface area (Å²) < 4.78 is 5.48. The van der Waals surface area contributed by atoms with Gasteiger partial charge in [0, 0.05) is 13.2 Å². The van der Waals surface area contributed by atoms with Crippen LogP contribution >= 0.6 is 11.3 Å². The first-order valence-electron chi connectivity index (χ1n) is 8.44. The highest BCUT2D eigenvalue weighted by Gasteiger charge is 2.21. The van der Waals surface area contributed by atoms with Crippen LogP contribution in [-0.2, 0) is 14.3 Å². The van der Waals surface area contributed by atoms with Crippen LogP contribution < -0.4 is 16.0 Å². The molecule has 1 aromatic carbocycles. The molecule has 1 aliphatic heterocycles. The SMILES string of the molecule is Cc1nnc(NC(=O)C(=O)Nc2ccccc2C(=O)NC[C@@H]2CCCO2)s1. The molecule has 3 rings (SSSR count). The van der Waals surface area contributed by atoms with Crippen molar-refractivity contribution >= 4 is 39.9 Å². The van der Waals surface area contributed by atoms with Gasteiger partial charge in [0.1, 0.15) is 5.01 Å². The van der Waals surface area contributed by atoms with E-state index < -0.39 is 11.8 Å². The predicted octanol–water partition coefficient (Wildman–Crippen LogP) is 1.33. The minimum Gasteiger partial charge on any atom is -0.376 e. The summed E-state index contributed by atoms with van der Waals surface area (Å²) in [5.74, 6) is -2.13. The van der Waals surface area contributed by atoms with Crippen LogP contribution in [0.4, 0.5) is 10.8 Å². The van der Waals surface area contributed by atoms with Gasteiger partial charge in [0.25, 0.3) is 5.91 Å². The molecule has 2 aromatic rings. The second kappa shape index (κ2) is 8.69. The smallest absolute Gasteiger partial charge is 0.315 e. The van der Waals surface area contributed by atoms with Crippen LogP contribution in [0.25, 0.3) is 0 Å². The molecule has 1 fully saturated rings. The number of amides is 3. The summed E-state index contributed by atoms with van der Waals surface area (Å²) in [7, 11) is 0. The molecule has 0 spiro atoms. The number of aryl methyl sites for hydroxylation is 1. The van der Waals surface area contributed by atoms with E-state index in [1.807, 2.05) is 0 Å². The van der Waals surface area contributed by atoms with Gasteiger partial charge in [-0.05, 0) is 31.9 Å². The van der Waals surface area contributed by atoms with Gasteiger partial charge in [0.2, 0.25) is 5.13 Å². The van der Waals surface area contributed by atoms with Crippen LogP contribution in [0.15, 0.2) is 24.3 Å². The number of hydrogen-bond donors (Lipinski definition) is 3. The lowest BCUT2D eigenvalue weighted by Crippen LogP contribution is -2.33. The predicted molar refractivity (Wildman–Crippen MR) is 99.7 cm³/mol. The van der Waals surface area contributed by atoms with E-state index in [1.54, 1.807) is 31.2 Å². The number of benzene rings is 1. The highest BCUT2D eigenvalue weighted by Crippen LogP contribution is 2.17. The average Bonchev–Trinajstić information content (AvgIpc) is 3.31. The lowest BCUT2D eigenvalue weighted by Gasteiger charge is -2.13. The quantitative estimate of drug-likeness (QED) is 0.663. The molecule has 0 radical (unpaired) electrons. The third kappa shape index (κ3) is 5.08. The van der Waals surface area contributed by atoms with Gasteiger partial charge in [0.05, 0.1) is 17.4 Å². The van der Waals surface area contributed by atoms with Crippen LogP contribution in [0, 0.1) is 6.92 Å². The van der Waals surface area contributed by atoms with E-state index in [-0.39, 0.29) is 28.4 Å². The zero-order valence-corrected chi connectivity index (χ0v) is 15.5. The number of para-hydroxylation sites is 1. The molecular formula is C17H19N5O4S. The number of rotatable bonds is 5. The van der Waals surface area contributed by atoms with Crippen molar-refractivity contribution in [2.45, 2.75) is 25.9 Å². The topological polar surface area (TPSA) is 122 Å². The van der Waals surface area contributed by atoms with Gasteiger partial charge >= 0.3 is 11.8 Å². The van der Waals surface area contributed by atoms with E-state index in [4.69, 9.17) is 4.74 Å². The summed E-state index contributed by atoms with van der Waals surface area (Å²) in [6.45, 7) is 2.84. The third-order valence-electron chi connectivity index (χ3n) is 3.89. The van der Waals surface area contributed by atoms with Crippen molar-refractivity contribution in [1.29, 1.82) is 0 Å². The average molecular weight is 389 g/mol. The Morgan fingerprint density at radius 3 is 2.67 bits per heavy atom. The standard InChI is InChI=1S/C17H19N5O4S/c1-10-21-22-17(27-10)20-16(25)15(24)19-13-7-3-2-6-12(13)14(23)18-9-11-5-4-8-26-11/h2-3,6-7,11H,4-5,8-9H2,1H3,(H,18,23)(H,19,24)(H,20,22,25)/t11-/m0/s1. The molecule has 142 valence electrons. The van der Waals surface area contributed by atoms with Gasteiger partial charge in [-0.15, -0.1) is 10.2 Å². The highest BCUT2D eigenvalue weighted by atomic mass is 32.1. The Labute approximate surface area is 159 Å². The largest absolute Gasteiger partial charge is 0.376 e. The Morgan fingerprint density at radius 1 is 1.19 bits per heavy atom. The molecule has 1 aromatic heterocycles. The number of nitrogens with zero attached hydrogens (tertiary/aromatic N) is 2. The van der Waals surface area contributed by atoms with Gasteiger partial charge in [-0.3, -0.25) is 19.7 Å². The monoisotopic (exact) mass is 389 g/mol. The van der Waals surface area contributed by atoms with E-state index in [9.17, 15) is 14.4 Å². The molecule has 1 saturated heterocycles.